The minimum absolute atomic E-state index is 0.000139. The smallest absolute Gasteiger partial charge is 0.0600 e. The highest BCUT2D eigenvalue weighted by Gasteiger charge is 1.99. The van der Waals surface area contributed by atoms with E-state index in [1.807, 2.05) is 12.3 Å². The van der Waals surface area contributed by atoms with Crippen LogP contribution >= 0.6 is 0 Å². The van der Waals surface area contributed by atoms with Gasteiger partial charge in [-0.2, -0.15) is 5.10 Å². The van der Waals surface area contributed by atoms with Crippen LogP contribution in [-0.2, 0) is 6.54 Å². The van der Waals surface area contributed by atoms with Crippen molar-refractivity contribution in [1.29, 1.82) is 0 Å². The van der Waals surface area contributed by atoms with Crippen molar-refractivity contribution in [1.82, 2.24) is 9.78 Å². The summed E-state index contributed by atoms with van der Waals surface area (Å²) >= 11 is 0. The average molecular weight is 141 g/mol. The number of hydrogen-bond acceptors (Lipinski definition) is 3. The Kier molecular flexibility index (Phi) is 2.42. The van der Waals surface area contributed by atoms with Crippen LogP contribution in [0.25, 0.3) is 0 Å². The largest absolute Gasteiger partial charge is 0.395 e. The maximum absolute atomic E-state index is 8.57. The van der Waals surface area contributed by atoms with Crippen LogP contribution < -0.4 is 5.73 Å². The fourth-order valence-electron chi connectivity index (χ4n) is 0.706. The van der Waals surface area contributed by atoms with Crippen molar-refractivity contribution < 1.29 is 5.11 Å². The van der Waals surface area contributed by atoms with Gasteiger partial charge in [0.2, 0.25) is 0 Å². The molecule has 1 rings (SSSR count). The van der Waals surface area contributed by atoms with Crippen molar-refractivity contribution in [2.75, 3.05) is 6.61 Å². The Labute approximate surface area is 59.3 Å². The predicted octanol–water partition coefficient (Wildman–Crippen LogP) is -0.797. The highest BCUT2D eigenvalue weighted by Crippen LogP contribution is 1.86. The van der Waals surface area contributed by atoms with Crippen LogP contribution in [0.1, 0.15) is 0 Å². The molecule has 0 bridgehead atoms. The molecule has 1 atom stereocenters. The van der Waals surface area contributed by atoms with E-state index in [9.17, 15) is 0 Å². The van der Waals surface area contributed by atoms with Gasteiger partial charge in [0.1, 0.15) is 0 Å². The van der Waals surface area contributed by atoms with Gasteiger partial charge in [-0.1, -0.05) is 0 Å². The van der Waals surface area contributed by atoms with E-state index in [1.165, 1.54) is 0 Å². The number of aliphatic hydroxyl groups is 1. The number of aromatic nitrogens is 2. The summed E-state index contributed by atoms with van der Waals surface area (Å²) in [7, 11) is 0. The van der Waals surface area contributed by atoms with Crippen molar-refractivity contribution in [3.8, 4) is 0 Å². The first kappa shape index (κ1) is 7.24. The van der Waals surface area contributed by atoms with Gasteiger partial charge < -0.3 is 10.8 Å². The Bertz CT molecular complexity index is 173. The van der Waals surface area contributed by atoms with Crippen LogP contribution in [-0.4, -0.2) is 27.5 Å². The van der Waals surface area contributed by atoms with Crippen LogP contribution in [0.5, 0.6) is 0 Å². The summed E-state index contributed by atoms with van der Waals surface area (Å²) in [6.07, 6.45) is 3.50. The number of nitrogens with zero attached hydrogens (tertiary/aromatic N) is 2. The van der Waals surface area contributed by atoms with Crippen LogP contribution in [0.2, 0.25) is 0 Å². The van der Waals surface area contributed by atoms with Gasteiger partial charge in [0.25, 0.3) is 0 Å². The molecule has 1 heterocycles. The number of nitrogens with two attached hydrogens (primary N) is 1. The van der Waals surface area contributed by atoms with Crippen LogP contribution in [0.3, 0.4) is 0 Å². The normalized spacial score (nSPS) is 13.4. The van der Waals surface area contributed by atoms with Crippen molar-refractivity contribution in [3.63, 3.8) is 0 Å². The summed E-state index contributed by atoms with van der Waals surface area (Å²) in [5.74, 6) is 0. The number of aliphatic hydroxyl groups excluding tert-OH is 1. The molecule has 0 aromatic carbocycles. The fraction of sp³-hybridized carbons (Fsp3) is 0.500. The summed E-state index contributed by atoms with van der Waals surface area (Å²) in [4.78, 5) is 0. The molecule has 1 unspecified atom stereocenters. The van der Waals surface area contributed by atoms with Gasteiger partial charge in [0.05, 0.1) is 13.2 Å². The summed E-state index contributed by atoms with van der Waals surface area (Å²) < 4.78 is 1.70. The Morgan fingerprint density at radius 1 is 1.70 bits per heavy atom. The molecule has 1 aromatic rings. The van der Waals surface area contributed by atoms with Gasteiger partial charge in [0, 0.05) is 18.4 Å². The van der Waals surface area contributed by atoms with E-state index in [2.05, 4.69) is 5.10 Å². The number of hydrogen-bond donors (Lipinski definition) is 2. The maximum Gasteiger partial charge on any atom is 0.0600 e. The molecule has 4 heteroatoms. The molecular formula is C6H11N3O. The third-order valence-corrected chi connectivity index (χ3v) is 1.22. The third-order valence-electron chi connectivity index (χ3n) is 1.22. The molecule has 1 aromatic heterocycles. The van der Waals surface area contributed by atoms with E-state index in [4.69, 9.17) is 10.8 Å². The molecule has 0 spiro atoms. The molecule has 0 radical (unpaired) electrons. The molecule has 0 aliphatic carbocycles. The Balaban J connectivity index is 2.40. The molecule has 0 aliphatic rings. The first-order valence-corrected chi connectivity index (χ1v) is 3.17. The quantitative estimate of drug-likeness (QED) is 0.579. The fourth-order valence-corrected chi connectivity index (χ4v) is 0.706. The molecule has 4 nitrogen and oxygen atoms in total. The molecule has 0 fully saturated rings. The zero-order valence-corrected chi connectivity index (χ0v) is 5.64. The average Bonchev–Trinajstić information content (AvgIpc) is 2.40. The van der Waals surface area contributed by atoms with Crippen molar-refractivity contribution >= 4 is 0 Å². The zero-order valence-electron chi connectivity index (χ0n) is 5.64. The van der Waals surface area contributed by atoms with Crippen molar-refractivity contribution in [2.24, 2.45) is 5.73 Å². The van der Waals surface area contributed by atoms with E-state index in [1.54, 1.807) is 10.9 Å². The van der Waals surface area contributed by atoms with Crippen molar-refractivity contribution in [3.05, 3.63) is 18.5 Å². The van der Waals surface area contributed by atoms with E-state index in [-0.39, 0.29) is 12.6 Å². The van der Waals surface area contributed by atoms with E-state index >= 15 is 0 Å². The predicted molar refractivity (Wildman–Crippen MR) is 37.3 cm³/mol. The number of rotatable bonds is 3. The summed E-state index contributed by atoms with van der Waals surface area (Å²) in [5.41, 5.74) is 5.45. The van der Waals surface area contributed by atoms with Crippen LogP contribution in [0.4, 0.5) is 0 Å². The molecule has 3 N–H and O–H groups in total. The minimum atomic E-state index is -0.208. The van der Waals surface area contributed by atoms with Crippen LogP contribution in [0.15, 0.2) is 18.5 Å². The molecule has 0 aliphatic heterocycles. The first-order valence-electron chi connectivity index (χ1n) is 3.17. The van der Waals surface area contributed by atoms with Gasteiger partial charge in [-0.15, -0.1) is 0 Å². The lowest BCUT2D eigenvalue weighted by molar-refractivity contribution is 0.250. The SMILES string of the molecule is NC(CO)Cn1cccn1. The van der Waals surface area contributed by atoms with Gasteiger partial charge >= 0.3 is 0 Å². The minimum Gasteiger partial charge on any atom is -0.395 e. The monoisotopic (exact) mass is 141 g/mol. The van der Waals surface area contributed by atoms with Crippen LogP contribution in [0, 0.1) is 0 Å². The molecule has 56 valence electrons. The lowest BCUT2D eigenvalue weighted by Gasteiger charge is -2.06. The highest BCUT2D eigenvalue weighted by atomic mass is 16.3. The Hall–Kier alpha value is -0.870. The van der Waals surface area contributed by atoms with Gasteiger partial charge in [-0.3, -0.25) is 4.68 Å². The van der Waals surface area contributed by atoms with E-state index < -0.39 is 0 Å². The topological polar surface area (TPSA) is 64.1 Å². The van der Waals surface area contributed by atoms with Gasteiger partial charge in [0.15, 0.2) is 0 Å². The first-order chi connectivity index (χ1) is 4.83. The second-order valence-corrected chi connectivity index (χ2v) is 2.17. The standard InChI is InChI=1S/C6H11N3O/c7-6(5-10)4-9-3-1-2-8-9/h1-3,6,10H,4-5,7H2. The van der Waals surface area contributed by atoms with E-state index in [0.717, 1.165) is 0 Å². The summed E-state index contributed by atoms with van der Waals surface area (Å²) in [5, 5.41) is 12.5. The summed E-state index contributed by atoms with van der Waals surface area (Å²) in [6.45, 7) is 0.573. The van der Waals surface area contributed by atoms with Gasteiger partial charge in [-0.05, 0) is 6.07 Å². The molecule has 0 saturated heterocycles. The lowest BCUT2D eigenvalue weighted by atomic mass is 10.3. The molecule has 10 heavy (non-hydrogen) atoms. The Morgan fingerprint density at radius 2 is 2.50 bits per heavy atom. The second-order valence-electron chi connectivity index (χ2n) is 2.17. The molecular weight excluding hydrogens is 130 g/mol. The molecule has 0 saturated carbocycles. The second kappa shape index (κ2) is 3.34. The third kappa shape index (κ3) is 1.82. The highest BCUT2D eigenvalue weighted by molar-refractivity contribution is 4.78. The maximum atomic E-state index is 8.57. The van der Waals surface area contributed by atoms with Crippen molar-refractivity contribution in [2.45, 2.75) is 12.6 Å². The van der Waals surface area contributed by atoms with Gasteiger partial charge in [-0.25, -0.2) is 0 Å². The van der Waals surface area contributed by atoms with E-state index in [0.29, 0.717) is 6.54 Å². The summed E-state index contributed by atoms with van der Waals surface area (Å²) in [6, 6.07) is 1.62. The lowest BCUT2D eigenvalue weighted by Crippen LogP contribution is -2.29. The molecule has 0 amide bonds. The Morgan fingerprint density at radius 3 is 3.00 bits per heavy atom. The zero-order chi connectivity index (χ0) is 7.40.